The molecule has 0 bridgehead atoms. The molecule has 8 nitrogen and oxygen atoms in total. The fraction of sp³-hybridized carbons (Fsp3) is 0.421. The summed E-state index contributed by atoms with van der Waals surface area (Å²) in [6.45, 7) is 1.79. The van der Waals surface area contributed by atoms with Gasteiger partial charge >= 0.3 is 6.03 Å². The fourth-order valence-corrected chi connectivity index (χ4v) is 4.48. The third-order valence-electron chi connectivity index (χ3n) is 5.71. The lowest BCUT2D eigenvalue weighted by atomic mass is 10.0. The van der Waals surface area contributed by atoms with Crippen LogP contribution >= 0.6 is 0 Å². The molecule has 3 aliphatic rings. The summed E-state index contributed by atoms with van der Waals surface area (Å²) in [5.41, 5.74) is 3.32. The number of fused-ring (bicyclic) bond motifs is 3. The molecule has 0 unspecified atom stereocenters. The second-order valence-electron chi connectivity index (χ2n) is 7.36. The maximum Gasteiger partial charge on any atom is 0.324 e. The smallest absolute Gasteiger partial charge is 0.324 e. The standard InChI is InChI=1S/C19H22N6O2/c26-18-11-4-1-5-13(17(11)15-7-3-9-25(15)18)21-19(27)22-16-10-14(23-24-16)12-6-2-8-20-12/h1,4-5,10,12,15,20H,2-3,6-9H2,(H3,21,22,23,24,27)/t12-,15-/m0/s1. The number of carbonyl (C=O) groups excluding carboxylic acids is 2. The van der Waals surface area contributed by atoms with Gasteiger partial charge in [0.05, 0.1) is 11.7 Å². The summed E-state index contributed by atoms with van der Waals surface area (Å²) >= 11 is 0. The second-order valence-corrected chi connectivity index (χ2v) is 7.36. The number of benzene rings is 1. The van der Waals surface area contributed by atoms with Crippen molar-refractivity contribution in [1.82, 2.24) is 20.4 Å². The zero-order valence-corrected chi connectivity index (χ0v) is 14.9. The Morgan fingerprint density at radius 2 is 2.15 bits per heavy atom. The third kappa shape index (κ3) is 2.76. The topological polar surface area (TPSA) is 102 Å². The van der Waals surface area contributed by atoms with Gasteiger partial charge in [0.2, 0.25) is 0 Å². The van der Waals surface area contributed by atoms with Crippen molar-refractivity contribution in [3.05, 3.63) is 41.1 Å². The van der Waals surface area contributed by atoms with Gasteiger partial charge in [-0.2, -0.15) is 5.10 Å². The number of carbonyl (C=O) groups is 2. The number of hydrogen-bond acceptors (Lipinski definition) is 4. The molecule has 0 spiro atoms. The first-order valence-corrected chi connectivity index (χ1v) is 9.51. The molecule has 2 fully saturated rings. The van der Waals surface area contributed by atoms with Crippen LogP contribution in [0.25, 0.3) is 0 Å². The molecule has 27 heavy (non-hydrogen) atoms. The Morgan fingerprint density at radius 3 is 3.00 bits per heavy atom. The predicted molar refractivity (Wildman–Crippen MR) is 101 cm³/mol. The highest BCUT2D eigenvalue weighted by Gasteiger charge is 2.41. The summed E-state index contributed by atoms with van der Waals surface area (Å²) < 4.78 is 0. The van der Waals surface area contributed by atoms with Crippen LogP contribution in [0.4, 0.5) is 16.3 Å². The van der Waals surface area contributed by atoms with Crippen LogP contribution in [0.2, 0.25) is 0 Å². The Balaban J connectivity index is 1.32. The number of nitrogens with one attached hydrogen (secondary N) is 4. The zero-order chi connectivity index (χ0) is 18.4. The highest BCUT2D eigenvalue weighted by molar-refractivity contribution is 6.05. The van der Waals surface area contributed by atoms with Crippen LogP contribution in [0.3, 0.4) is 0 Å². The molecule has 2 atom stereocenters. The Labute approximate surface area is 156 Å². The average Bonchev–Trinajstić information content (AvgIpc) is 3.42. The maximum atomic E-state index is 12.5. The first-order chi connectivity index (χ1) is 13.2. The van der Waals surface area contributed by atoms with E-state index in [0.717, 1.165) is 50.0 Å². The normalized spacial score (nSPS) is 23.4. The van der Waals surface area contributed by atoms with Gasteiger partial charge in [-0.15, -0.1) is 0 Å². The van der Waals surface area contributed by atoms with Gasteiger partial charge in [0.1, 0.15) is 0 Å². The van der Waals surface area contributed by atoms with Crippen LogP contribution in [-0.2, 0) is 0 Å². The monoisotopic (exact) mass is 366 g/mol. The molecular weight excluding hydrogens is 344 g/mol. The molecule has 0 radical (unpaired) electrons. The van der Waals surface area contributed by atoms with Crippen LogP contribution in [0.5, 0.6) is 0 Å². The van der Waals surface area contributed by atoms with Crippen molar-refractivity contribution < 1.29 is 9.59 Å². The third-order valence-corrected chi connectivity index (χ3v) is 5.71. The number of amides is 3. The van der Waals surface area contributed by atoms with Crippen LogP contribution in [0.15, 0.2) is 24.3 Å². The Kier molecular flexibility index (Phi) is 3.86. The lowest BCUT2D eigenvalue weighted by Gasteiger charge is -2.17. The maximum absolute atomic E-state index is 12.5. The molecule has 0 saturated carbocycles. The summed E-state index contributed by atoms with van der Waals surface area (Å²) in [4.78, 5) is 26.9. The molecule has 8 heteroatoms. The second kappa shape index (κ2) is 6.38. The summed E-state index contributed by atoms with van der Waals surface area (Å²) in [7, 11) is 0. The number of urea groups is 1. The van der Waals surface area contributed by atoms with Gasteiger partial charge in [0.25, 0.3) is 5.91 Å². The van der Waals surface area contributed by atoms with E-state index in [4.69, 9.17) is 0 Å². The summed E-state index contributed by atoms with van der Waals surface area (Å²) in [6.07, 6.45) is 4.15. The van der Waals surface area contributed by atoms with Crippen molar-refractivity contribution in [2.24, 2.45) is 0 Å². The molecule has 1 aromatic carbocycles. The molecule has 1 aromatic heterocycles. The molecule has 2 saturated heterocycles. The van der Waals surface area contributed by atoms with E-state index in [1.807, 2.05) is 29.2 Å². The van der Waals surface area contributed by atoms with Crippen LogP contribution in [0.1, 0.15) is 59.4 Å². The van der Waals surface area contributed by atoms with Crippen molar-refractivity contribution in [1.29, 1.82) is 0 Å². The van der Waals surface area contributed by atoms with Crippen LogP contribution < -0.4 is 16.0 Å². The van der Waals surface area contributed by atoms with E-state index in [-0.39, 0.29) is 24.0 Å². The van der Waals surface area contributed by atoms with Crippen molar-refractivity contribution in [3.63, 3.8) is 0 Å². The first-order valence-electron chi connectivity index (χ1n) is 9.51. The highest BCUT2D eigenvalue weighted by Crippen LogP contribution is 2.44. The Bertz CT molecular complexity index is 901. The SMILES string of the molecule is O=C(Nc1cc([C@@H]2CCCN2)[nH]n1)Nc1cccc2c1[C@@H]1CCCN1C2=O. The van der Waals surface area contributed by atoms with Crippen LogP contribution in [0, 0.1) is 0 Å². The summed E-state index contributed by atoms with van der Waals surface area (Å²) in [5, 5.41) is 16.2. The minimum absolute atomic E-state index is 0.0672. The van der Waals surface area contributed by atoms with Gasteiger partial charge in [0.15, 0.2) is 5.82 Å². The number of aromatic nitrogens is 2. The Morgan fingerprint density at radius 1 is 1.22 bits per heavy atom. The van der Waals surface area contributed by atoms with E-state index in [1.165, 1.54) is 0 Å². The van der Waals surface area contributed by atoms with Gasteiger partial charge in [-0.3, -0.25) is 15.2 Å². The van der Waals surface area contributed by atoms with E-state index in [0.29, 0.717) is 17.1 Å². The molecule has 4 N–H and O–H groups in total. The van der Waals surface area contributed by atoms with Crippen LogP contribution in [-0.4, -0.2) is 40.1 Å². The van der Waals surface area contributed by atoms with E-state index < -0.39 is 0 Å². The summed E-state index contributed by atoms with van der Waals surface area (Å²) in [6, 6.07) is 7.36. The van der Waals surface area contributed by atoms with Gasteiger partial charge in [0, 0.05) is 35.5 Å². The first kappa shape index (κ1) is 16.3. The van der Waals surface area contributed by atoms with E-state index in [1.54, 1.807) is 0 Å². The number of aromatic amines is 1. The molecule has 3 aliphatic heterocycles. The molecule has 2 aromatic rings. The number of H-pyrrole nitrogens is 1. The largest absolute Gasteiger partial charge is 0.331 e. The van der Waals surface area contributed by atoms with E-state index in [9.17, 15) is 9.59 Å². The van der Waals surface area contributed by atoms with Gasteiger partial charge in [-0.25, -0.2) is 4.79 Å². The number of anilines is 2. The minimum atomic E-state index is -0.357. The fourth-order valence-electron chi connectivity index (χ4n) is 4.48. The van der Waals surface area contributed by atoms with Gasteiger partial charge < -0.3 is 15.5 Å². The minimum Gasteiger partial charge on any atom is -0.331 e. The molecule has 140 valence electrons. The van der Waals surface area contributed by atoms with Crippen molar-refractivity contribution >= 4 is 23.4 Å². The predicted octanol–water partition coefficient (Wildman–Crippen LogP) is 2.77. The van der Waals surface area contributed by atoms with Crippen molar-refractivity contribution in [2.45, 2.75) is 37.8 Å². The lowest BCUT2D eigenvalue weighted by molar-refractivity contribution is 0.0776. The molecule has 0 aliphatic carbocycles. The lowest BCUT2D eigenvalue weighted by Crippen LogP contribution is -2.23. The number of hydrogen-bond donors (Lipinski definition) is 4. The van der Waals surface area contributed by atoms with Crippen molar-refractivity contribution in [2.75, 3.05) is 23.7 Å². The van der Waals surface area contributed by atoms with E-state index in [2.05, 4.69) is 26.1 Å². The summed E-state index contributed by atoms with van der Waals surface area (Å²) in [5.74, 6) is 0.555. The molecule has 4 heterocycles. The average molecular weight is 366 g/mol. The quantitative estimate of drug-likeness (QED) is 0.671. The van der Waals surface area contributed by atoms with E-state index >= 15 is 0 Å². The highest BCUT2D eigenvalue weighted by atomic mass is 16.2. The number of nitrogens with zero attached hydrogens (tertiary/aromatic N) is 2. The van der Waals surface area contributed by atoms with Gasteiger partial charge in [-0.1, -0.05) is 6.07 Å². The zero-order valence-electron chi connectivity index (χ0n) is 14.9. The Hall–Kier alpha value is -2.87. The van der Waals surface area contributed by atoms with Gasteiger partial charge in [-0.05, 0) is 44.4 Å². The number of rotatable bonds is 3. The van der Waals surface area contributed by atoms with Crippen molar-refractivity contribution in [3.8, 4) is 0 Å². The molecule has 5 rings (SSSR count). The molecular formula is C19H22N6O2. The molecule has 3 amide bonds.